The number of likely N-dealkylation sites (tertiary alicyclic amines) is 1. The number of imidazole rings is 1. The lowest BCUT2D eigenvalue weighted by Gasteiger charge is -2.30. The lowest BCUT2D eigenvalue weighted by Crippen LogP contribution is -2.40. The van der Waals surface area contributed by atoms with E-state index >= 15 is 0 Å². The molecule has 190 valence electrons. The first kappa shape index (κ1) is 23.6. The lowest BCUT2D eigenvalue weighted by molar-refractivity contribution is -0.0292. The molecular weight excluding hydrogens is 484 g/mol. The van der Waals surface area contributed by atoms with Gasteiger partial charge in [0.25, 0.3) is 11.4 Å². The first-order chi connectivity index (χ1) is 17.3. The second-order valence-corrected chi connectivity index (χ2v) is 10.8. The lowest BCUT2D eigenvalue weighted by atomic mass is 10.1. The Balaban J connectivity index is 1.42. The standard InChI is InChI=1S/C25H29ClN6O4/c1-25(2)8-7-19(35-25)23-28-22(29-36-23)20-21-24(34)31(11-10-30-9-3-4-16(33)13-30)18-12-15(26)5-6-17(18)32(21)14-27-20/h5-6,12,14,16,19,33H,3-4,7-11,13H2,1-2H3. The highest BCUT2D eigenvalue weighted by Gasteiger charge is 2.36. The van der Waals surface area contributed by atoms with Gasteiger partial charge in [-0.15, -0.1) is 0 Å². The molecule has 2 unspecified atom stereocenters. The van der Waals surface area contributed by atoms with E-state index in [2.05, 4.69) is 20.0 Å². The van der Waals surface area contributed by atoms with E-state index in [1.54, 1.807) is 27.4 Å². The molecule has 0 radical (unpaired) electrons. The molecule has 5 heterocycles. The Kier molecular flexibility index (Phi) is 5.87. The summed E-state index contributed by atoms with van der Waals surface area (Å²) in [5, 5.41) is 14.7. The van der Waals surface area contributed by atoms with Gasteiger partial charge in [-0.25, -0.2) is 4.98 Å². The van der Waals surface area contributed by atoms with E-state index < -0.39 is 0 Å². The van der Waals surface area contributed by atoms with Crippen molar-refractivity contribution in [3.8, 4) is 11.5 Å². The van der Waals surface area contributed by atoms with Crippen LogP contribution >= 0.6 is 11.6 Å². The summed E-state index contributed by atoms with van der Waals surface area (Å²) in [6.45, 7) is 6.68. The summed E-state index contributed by atoms with van der Waals surface area (Å²) in [5.41, 5.74) is 1.82. The fourth-order valence-corrected chi connectivity index (χ4v) is 5.53. The third-order valence-corrected chi connectivity index (χ3v) is 7.46. The van der Waals surface area contributed by atoms with Gasteiger partial charge in [-0.1, -0.05) is 16.8 Å². The number of rotatable bonds is 5. The number of nitrogens with zero attached hydrogens (tertiary/aromatic N) is 6. The molecule has 0 spiro atoms. The van der Waals surface area contributed by atoms with E-state index in [1.165, 1.54) is 0 Å². The number of aliphatic hydroxyl groups is 1. The minimum absolute atomic E-state index is 0.209. The molecule has 2 fully saturated rings. The summed E-state index contributed by atoms with van der Waals surface area (Å²) >= 11 is 6.32. The van der Waals surface area contributed by atoms with Gasteiger partial charge in [0.2, 0.25) is 5.82 Å². The van der Waals surface area contributed by atoms with Crippen LogP contribution in [0.1, 0.15) is 51.5 Å². The Morgan fingerprint density at radius 3 is 2.86 bits per heavy atom. The number of aromatic nitrogens is 5. The van der Waals surface area contributed by atoms with Crippen LogP contribution in [-0.2, 0) is 11.3 Å². The number of aliphatic hydroxyl groups excluding tert-OH is 1. The molecule has 6 rings (SSSR count). The second-order valence-electron chi connectivity index (χ2n) is 10.4. The van der Waals surface area contributed by atoms with Crippen LogP contribution in [0.2, 0.25) is 5.02 Å². The third kappa shape index (κ3) is 4.21. The van der Waals surface area contributed by atoms with Gasteiger partial charge in [0.15, 0.2) is 0 Å². The summed E-state index contributed by atoms with van der Waals surface area (Å²) in [4.78, 5) is 25.1. The van der Waals surface area contributed by atoms with Crippen molar-refractivity contribution in [3.05, 3.63) is 45.8 Å². The predicted octanol–water partition coefficient (Wildman–Crippen LogP) is 3.44. The Morgan fingerprint density at radius 2 is 2.08 bits per heavy atom. The minimum atomic E-state index is -0.326. The average molecular weight is 513 g/mol. The molecule has 1 N–H and O–H groups in total. The van der Waals surface area contributed by atoms with Gasteiger partial charge in [0, 0.05) is 24.7 Å². The van der Waals surface area contributed by atoms with E-state index in [9.17, 15) is 9.90 Å². The molecule has 2 saturated heterocycles. The molecule has 0 saturated carbocycles. The van der Waals surface area contributed by atoms with Crippen molar-refractivity contribution in [3.63, 3.8) is 0 Å². The van der Waals surface area contributed by atoms with Crippen LogP contribution in [0, 0.1) is 0 Å². The largest absolute Gasteiger partial charge is 0.392 e. The number of hydrogen-bond donors (Lipinski definition) is 1. The first-order valence-corrected chi connectivity index (χ1v) is 12.8. The Bertz CT molecular complexity index is 1490. The number of β-amino-alcohol motifs (C(OH)–C–C–N with tert-alkyl or cyclic N) is 1. The molecule has 2 aliphatic heterocycles. The quantitative estimate of drug-likeness (QED) is 0.433. The summed E-state index contributed by atoms with van der Waals surface area (Å²) in [6, 6.07) is 5.48. The number of ether oxygens (including phenoxy) is 1. The normalized spacial score (nSPS) is 22.7. The molecule has 0 amide bonds. The average Bonchev–Trinajstić information content (AvgIpc) is 3.57. The molecule has 10 nitrogen and oxygen atoms in total. The number of halogens is 1. The van der Waals surface area contributed by atoms with Crippen molar-refractivity contribution in [1.82, 2.24) is 29.0 Å². The number of benzene rings is 1. The maximum Gasteiger partial charge on any atom is 0.277 e. The number of piperidine rings is 1. The van der Waals surface area contributed by atoms with E-state index in [1.807, 2.05) is 19.9 Å². The summed E-state index contributed by atoms with van der Waals surface area (Å²) in [7, 11) is 0. The molecule has 0 bridgehead atoms. The molecule has 11 heteroatoms. The zero-order valence-corrected chi connectivity index (χ0v) is 21.1. The summed E-state index contributed by atoms with van der Waals surface area (Å²) < 4.78 is 15.1. The molecule has 1 aromatic carbocycles. The van der Waals surface area contributed by atoms with Crippen LogP contribution in [0.5, 0.6) is 0 Å². The van der Waals surface area contributed by atoms with Crippen molar-refractivity contribution in [2.24, 2.45) is 0 Å². The zero-order valence-electron chi connectivity index (χ0n) is 20.4. The molecular formula is C25H29ClN6O4. The predicted molar refractivity (Wildman–Crippen MR) is 134 cm³/mol. The molecule has 4 aromatic rings. The summed E-state index contributed by atoms with van der Waals surface area (Å²) in [5.74, 6) is 0.658. The molecule has 2 aliphatic rings. The van der Waals surface area contributed by atoms with E-state index in [0.717, 1.165) is 43.3 Å². The maximum absolute atomic E-state index is 13.9. The van der Waals surface area contributed by atoms with Crippen LogP contribution in [0.25, 0.3) is 28.1 Å². The Hall–Kier alpha value is -2.79. The van der Waals surface area contributed by atoms with Gasteiger partial charge >= 0.3 is 0 Å². The van der Waals surface area contributed by atoms with Crippen LogP contribution in [0.4, 0.5) is 0 Å². The second kappa shape index (κ2) is 8.95. The maximum atomic E-state index is 13.9. The van der Waals surface area contributed by atoms with Gasteiger partial charge in [-0.05, 0) is 64.3 Å². The van der Waals surface area contributed by atoms with Crippen molar-refractivity contribution >= 4 is 28.2 Å². The smallest absolute Gasteiger partial charge is 0.277 e. The molecule has 36 heavy (non-hydrogen) atoms. The van der Waals surface area contributed by atoms with Crippen LogP contribution in [0.3, 0.4) is 0 Å². The number of fused-ring (bicyclic) bond motifs is 3. The highest BCUT2D eigenvalue weighted by Crippen LogP contribution is 2.38. The van der Waals surface area contributed by atoms with Crippen LogP contribution < -0.4 is 5.56 Å². The van der Waals surface area contributed by atoms with Gasteiger partial charge < -0.3 is 18.9 Å². The Morgan fingerprint density at radius 1 is 1.22 bits per heavy atom. The minimum Gasteiger partial charge on any atom is -0.392 e. The van der Waals surface area contributed by atoms with E-state index in [0.29, 0.717) is 41.8 Å². The van der Waals surface area contributed by atoms with Crippen molar-refractivity contribution in [2.45, 2.75) is 63.9 Å². The fourth-order valence-electron chi connectivity index (χ4n) is 5.37. The SMILES string of the molecule is CC1(C)CCC(c2nc(-c3ncn4c3c(=O)n(CCN3CCCC(O)C3)c3cc(Cl)ccc34)no2)O1. The first-order valence-electron chi connectivity index (χ1n) is 12.4. The highest BCUT2D eigenvalue weighted by molar-refractivity contribution is 6.31. The van der Waals surface area contributed by atoms with Gasteiger partial charge in [-0.2, -0.15) is 4.98 Å². The van der Waals surface area contributed by atoms with E-state index in [-0.39, 0.29) is 29.2 Å². The van der Waals surface area contributed by atoms with Crippen LogP contribution in [-0.4, -0.2) is 65.4 Å². The topological polar surface area (TPSA) is 111 Å². The molecule has 0 aliphatic carbocycles. The van der Waals surface area contributed by atoms with Gasteiger partial charge in [0.1, 0.15) is 23.6 Å². The van der Waals surface area contributed by atoms with Crippen molar-refractivity contribution < 1.29 is 14.4 Å². The van der Waals surface area contributed by atoms with E-state index in [4.69, 9.17) is 20.9 Å². The monoisotopic (exact) mass is 512 g/mol. The fraction of sp³-hybridized carbons (Fsp3) is 0.520. The molecule has 2 atom stereocenters. The van der Waals surface area contributed by atoms with Gasteiger partial charge in [-0.3, -0.25) is 14.1 Å². The third-order valence-electron chi connectivity index (χ3n) is 7.22. The van der Waals surface area contributed by atoms with Crippen molar-refractivity contribution in [1.29, 1.82) is 0 Å². The van der Waals surface area contributed by atoms with Gasteiger partial charge in [0.05, 0.1) is 22.7 Å². The Labute approximate surface area is 212 Å². The zero-order chi connectivity index (χ0) is 25.0. The van der Waals surface area contributed by atoms with Crippen molar-refractivity contribution in [2.75, 3.05) is 19.6 Å². The summed E-state index contributed by atoms with van der Waals surface area (Å²) in [6.07, 6.45) is 4.46. The molecule has 3 aromatic heterocycles. The van der Waals surface area contributed by atoms with Crippen LogP contribution in [0.15, 0.2) is 33.8 Å². The highest BCUT2D eigenvalue weighted by atomic mass is 35.5. The number of hydrogen-bond acceptors (Lipinski definition) is 8.